The van der Waals surface area contributed by atoms with Crippen LogP contribution >= 0.6 is 0 Å². The fourth-order valence-corrected chi connectivity index (χ4v) is 3.67. The van der Waals surface area contributed by atoms with Gasteiger partial charge in [-0.15, -0.1) is 0 Å². The van der Waals surface area contributed by atoms with E-state index in [0.29, 0.717) is 18.9 Å². The Bertz CT molecular complexity index is 926. The van der Waals surface area contributed by atoms with Gasteiger partial charge in [0.1, 0.15) is 17.3 Å². The van der Waals surface area contributed by atoms with E-state index >= 15 is 0 Å². The highest BCUT2D eigenvalue weighted by Crippen LogP contribution is 2.35. The number of anilines is 2. The van der Waals surface area contributed by atoms with E-state index in [9.17, 15) is 22.0 Å². The summed E-state index contributed by atoms with van der Waals surface area (Å²) in [5.41, 5.74) is -0.931. The van der Waals surface area contributed by atoms with E-state index in [1.54, 1.807) is 0 Å². The third-order valence-corrected chi connectivity index (χ3v) is 4.93. The molecule has 0 amide bonds. The van der Waals surface area contributed by atoms with Crippen LogP contribution in [0.1, 0.15) is 24.7 Å². The number of hydrogen-bond acceptors (Lipinski definition) is 7. The van der Waals surface area contributed by atoms with Crippen molar-refractivity contribution in [3.05, 3.63) is 35.9 Å². The smallest absolute Gasteiger partial charge is 0.437 e. The van der Waals surface area contributed by atoms with Gasteiger partial charge in [0.05, 0.1) is 19.3 Å². The maximum atomic E-state index is 13.1. The Kier molecular flexibility index (Phi) is 7.41. The Morgan fingerprint density at radius 3 is 2.78 bits per heavy atom. The second kappa shape index (κ2) is 10.0. The molecule has 0 aromatic carbocycles. The van der Waals surface area contributed by atoms with Crippen molar-refractivity contribution in [2.24, 2.45) is 11.8 Å². The highest BCUT2D eigenvalue weighted by Gasteiger charge is 2.36. The van der Waals surface area contributed by atoms with Gasteiger partial charge in [-0.05, 0) is 24.5 Å². The Balaban J connectivity index is 1.72. The predicted molar refractivity (Wildman–Crippen MR) is 109 cm³/mol. The van der Waals surface area contributed by atoms with E-state index in [4.69, 9.17) is 10.1 Å². The molecule has 0 bridgehead atoms. The summed E-state index contributed by atoms with van der Waals surface area (Å²) in [4.78, 5) is 13.7. The highest BCUT2D eigenvalue weighted by molar-refractivity contribution is 5.81. The lowest BCUT2D eigenvalue weighted by molar-refractivity contribution is -0.142. The van der Waals surface area contributed by atoms with Gasteiger partial charge in [0.2, 0.25) is 0 Å². The Labute approximate surface area is 181 Å². The van der Waals surface area contributed by atoms with Gasteiger partial charge >= 0.3 is 6.18 Å². The lowest BCUT2D eigenvalue weighted by Crippen LogP contribution is -2.42. The first-order valence-corrected chi connectivity index (χ1v) is 9.96. The molecule has 0 aliphatic carbocycles. The molecule has 1 aliphatic heterocycles. The summed E-state index contributed by atoms with van der Waals surface area (Å²) in [5, 5.41) is 9.87. The van der Waals surface area contributed by atoms with Crippen LogP contribution in [0.25, 0.3) is 0 Å². The van der Waals surface area contributed by atoms with Crippen molar-refractivity contribution >= 4 is 17.9 Å². The Morgan fingerprint density at radius 1 is 1.31 bits per heavy atom. The van der Waals surface area contributed by atoms with Crippen LogP contribution in [0, 0.1) is 17.2 Å². The number of aromatic nitrogens is 3. The summed E-state index contributed by atoms with van der Waals surface area (Å²) in [6.07, 6.45) is -3.03. The Hall–Kier alpha value is -3.05. The summed E-state index contributed by atoms with van der Waals surface area (Å²) < 4.78 is 70.0. The maximum Gasteiger partial charge on any atom is 0.437 e. The first-order chi connectivity index (χ1) is 15.2. The van der Waals surface area contributed by atoms with Crippen molar-refractivity contribution in [3.63, 3.8) is 0 Å². The number of halogens is 5. The molecule has 12 heteroatoms. The van der Waals surface area contributed by atoms with Crippen LogP contribution in [0.15, 0.2) is 24.5 Å². The minimum atomic E-state index is -4.61. The minimum Gasteiger partial charge on any atom is -0.491 e. The van der Waals surface area contributed by atoms with E-state index in [1.807, 2.05) is 11.8 Å². The number of rotatable bonds is 8. The van der Waals surface area contributed by atoms with Crippen LogP contribution in [0.4, 0.5) is 33.6 Å². The van der Waals surface area contributed by atoms with Crippen LogP contribution in [0.3, 0.4) is 0 Å². The molecule has 1 aliphatic rings. The minimum absolute atomic E-state index is 0.0537. The predicted octanol–water partition coefficient (Wildman–Crippen LogP) is 4.11. The van der Waals surface area contributed by atoms with Crippen molar-refractivity contribution in [3.8, 4) is 5.75 Å². The van der Waals surface area contributed by atoms with Crippen LogP contribution in [0.2, 0.25) is 0 Å². The van der Waals surface area contributed by atoms with Gasteiger partial charge in [0.15, 0.2) is 11.5 Å². The van der Waals surface area contributed by atoms with Gasteiger partial charge in [0.25, 0.3) is 6.43 Å². The SMILES string of the molecule is C[C@H]1C[C@@H](COc2cccnc2C(F)(F)F)CN(c2cnc(C=N)c(NCC(F)F)n2)C1. The lowest BCUT2D eigenvalue weighted by Gasteiger charge is -2.37. The van der Waals surface area contributed by atoms with Crippen molar-refractivity contribution in [1.29, 1.82) is 5.41 Å². The fourth-order valence-electron chi connectivity index (χ4n) is 3.67. The summed E-state index contributed by atoms with van der Waals surface area (Å²) in [7, 11) is 0. The average molecular weight is 458 g/mol. The Morgan fingerprint density at radius 2 is 2.09 bits per heavy atom. The van der Waals surface area contributed by atoms with E-state index in [2.05, 4.69) is 20.3 Å². The topological polar surface area (TPSA) is 87.0 Å². The van der Waals surface area contributed by atoms with Crippen LogP contribution < -0.4 is 15.0 Å². The first-order valence-electron chi connectivity index (χ1n) is 9.96. The largest absolute Gasteiger partial charge is 0.491 e. The standard InChI is InChI=1S/C20H23F5N6O/c1-12-5-13(11-32-15-3-2-4-27-18(15)20(23,24)25)10-31(9-12)17-8-28-14(6-26)19(30-17)29-7-16(21)22/h2-4,6,8,12-13,16,26H,5,7,9-11H2,1H3,(H,29,30)/t12-,13+/m0/s1. The number of ether oxygens (including phenoxy) is 1. The number of alkyl halides is 5. The molecule has 2 aromatic rings. The molecular formula is C20H23F5N6O. The molecule has 2 aromatic heterocycles. The van der Waals surface area contributed by atoms with Gasteiger partial charge in [-0.1, -0.05) is 6.92 Å². The molecule has 0 unspecified atom stereocenters. The van der Waals surface area contributed by atoms with Gasteiger partial charge in [-0.25, -0.2) is 23.7 Å². The van der Waals surface area contributed by atoms with E-state index < -0.39 is 24.8 Å². The van der Waals surface area contributed by atoms with Gasteiger partial charge in [-0.3, -0.25) is 0 Å². The van der Waals surface area contributed by atoms with E-state index in [1.165, 1.54) is 18.3 Å². The quantitative estimate of drug-likeness (QED) is 0.458. The van der Waals surface area contributed by atoms with E-state index in [0.717, 1.165) is 18.8 Å². The molecule has 32 heavy (non-hydrogen) atoms. The highest BCUT2D eigenvalue weighted by atomic mass is 19.4. The molecule has 174 valence electrons. The molecule has 0 saturated carbocycles. The number of pyridine rings is 1. The zero-order chi connectivity index (χ0) is 23.3. The molecular weight excluding hydrogens is 435 g/mol. The summed E-state index contributed by atoms with van der Waals surface area (Å²) in [5.74, 6) is 0.283. The number of piperidine rings is 1. The van der Waals surface area contributed by atoms with Crippen LogP contribution in [-0.4, -0.2) is 53.8 Å². The molecule has 1 fully saturated rings. The molecule has 2 N–H and O–H groups in total. The summed E-state index contributed by atoms with van der Waals surface area (Å²) >= 11 is 0. The normalized spacial score (nSPS) is 19.2. The molecule has 3 heterocycles. The molecule has 0 radical (unpaired) electrons. The van der Waals surface area contributed by atoms with Gasteiger partial charge in [-0.2, -0.15) is 13.2 Å². The van der Waals surface area contributed by atoms with Crippen molar-refractivity contribution in [1.82, 2.24) is 15.0 Å². The third kappa shape index (κ3) is 6.01. The van der Waals surface area contributed by atoms with Crippen LogP contribution in [0.5, 0.6) is 5.75 Å². The van der Waals surface area contributed by atoms with Crippen molar-refractivity contribution in [2.75, 3.05) is 36.5 Å². The molecule has 1 saturated heterocycles. The summed E-state index contributed by atoms with van der Waals surface area (Å²) in [6.45, 7) is 2.49. The zero-order valence-electron chi connectivity index (χ0n) is 17.2. The molecule has 2 atom stereocenters. The second-order valence-electron chi connectivity index (χ2n) is 7.65. The van der Waals surface area contributed by atoms with Gasteiger partial charge in [0, 0.05) is 31.4 Å². The van der Waals surface area contributed by atoms with E-state index in [-0.39, 0.29) is 35.7 Å². The molecule has 0 spiro atoms. The van der Waals surface area contributed by atoms with Crippen molar-refractivity contribution in [2.45, 2.75) is 25.9 Å². The second-order valence-corrected chi connectivity index (χ2v) is 7.65. The monoisotopic (exact) mass is 458 g/mol. The fraction of sp³-hybridized carbons (Fsp3) is 0.500. The van der Waals surface area contributed by atoms with Crippen LogP contribution in [-0.2, 0) is 6.18 Å². The molecule has 7 nitrogen and oxygen atoms in total. The maximum absolute atomic E-state index is 13.1. The van der Waals surface area contributed by atoms with Crippen molar-refractivity contribution < 1.29 is 26.7 Å². The summed E-state index contributed by atoms with van der Waals surface area (Å²) in [6, 6.07) is 2.62. The van der Waals surface area contributed by atoms with Gasteiger partial charge < -0.3 is 20.4 Å². The zero-order valence-corrected chi connectivity index (χ0v) is 17.2. The number of hydrogen-bond donors (Lipinski definition) is 2. The lowest BCUT2D eigenvalue weighted by atomic mass is 9.91. The average Bonchev–Trinajstić information content (AvgIpc) is 2.75. The number of nitrogens with zero attached hydrogens (tertiary/aromatic N) is 4. The third-order valence-electron chi connectivity index (χ3n) is 4.93. The molecule has 3 rings (SSSR count). The number of nitrogens with one attached hydrogen (secondary N) is 2. The first kappa shape index (κ1) is 23.6.